The first-order chi connectivity index (χ1) is 9.96. The molecule has 5 nitrogen and oxygen atoms in total. The molecule has 6 heteroatoms. The predicted molar refractivity (Wildman–Crippen MR) is 73.7 cm³/mol. The largest absolute Gasteiger partial charge is 0.369 e. The van der Waals surface area contributed by atoms with Gasteiger partial charge in [0.2, 0.25) is 5.91 Å². The third-order valence-corrected chi connectivity index (χ3v) is 4.94. The van der Waals surface area contributed by atoms with Gasteiger partial charge in [-0.2, -0.15) is 0 Å². The van der Waals surface area contributed by atoms with Gasteiger partial charge in [-0.1, -0.05) is 6.42 Å². The summed E-state index contributed by atoms with van der Waals surface area (Å²) in [5.41, 5.74) is 4.38. The number of hydrogen-bond donors (Lipinski definition) is 2. The summed E-state index contributed by atoms with van der Waals surface area (Å²) in [6.07, 6.45) is 5.74. The first-order valence-electron chi connectivity index (χ1n) is 7.19. The molecule has 2 bridgehead atoms. The number of hydrogen-bond acceptors (Lipinski definition) is 3. The van der Waals surface area contributed by atoms with Crippen LogP contribution in [0, 0.1) is 11.2 Å². The number of rotatable bonds is 3. The van der Waals surface area contributed by atoms with Gasteiger partial charge in [0.1, 0.15) is 0 Å². The summed E-state index contributed by atoms with van der Waals surface area (Å²) < 4.78 is 13.6. The Labute approximate surface area is 122 Å². The van der Waals surface area contributed by atoms with Crippen molar-refractivity contribution in [2.45, 2.75) is 44.1 Å². The molecule has 0 spiro atoms. The maximum Gasteiger partial charge on any atom is 0.273 e. The lowest BCUT2D eigenvalue weighted by Crippen LogP contribution is -2.51. The van der Waals surface area contributed by atoms with Gasteiger partial charge in [-0.3, -0.25) is 9.59 Å². The smallest absolute Gasteiger partial charge is 0.273 e. The van der Waals surface area contributed by atoms with E-state index in [9.17, 15) is 14.0 Å². The molecule has 3 N–H and O–H groups in total. The van der Waals surface area contributed by atoms with Crippen LogP contribution in [0.4, 0.5) is 4.39 Å². The van der Waals surface area contributed by atoms with E-state index in [0.29, 0.717) is 19.3 Å². The fourth-order valence-electron chi connectivity index (χ4n) is 3.85. The minimum atomic E-state index is -0.638. The van der Waals surface area contributed by atoms with Crippen LogP contribution < -0.4 is 11.1 Å². The molecule has 2 amide bonds. The Bertz CT molecular complexity index is 606. The van der Waals surface area contributed by atoms with Crippen LogP contribution in [0.1, 0.15) is 49.0 Å². The van der Waals surface area contributed by atoms with Gasteiger partial charge < -0.3 is 11.1 Å². The summed E-state index contributed by atoms with van der Waals surface area (Å²) in [5.74, 6) is -1.45. The van der Waals surface area contributed by atoms with Crippen LogP contribution in [0.3, 0.4) is 0 Å². The van der Waals surface area contributed by atoms with Crippen molar-refractivity contribution in [2.75, 3.05) is 0 Å². The van der Waals surface area contributed by atoms with Gasteiger partial charge in [-0.25, -0.2) is 9.37 Å². The van der Waals surface area contributed by atoms with Crippen molar-refractivity contribution in [3.8, 4) is 0 Å². The van der Waals surface area contributed by atoms with E-state index in [1.54, 1.807) is 0 Å². The lowest BCUT2D eigenvalue weighted by atomic mass is 9.72. The summed E-state index contributed by atoms with van der Waals surface area (Å²) in [6, 6.07) is 2.65. The van der Waals surface area contributed by atoms with Gasteiger partial charge >= 0.3 is 0 Å². The van der Waals surface area contributed by atoms with Crippen LogP contribution in [0.15, 0.2) is 18.3 Å². The number of halogens is 1. The van der Waals surface area contributed by atoms with Crippen molar-refractivity contribution in [2.24, 2.45) is 11.1 Å². The summed E-state index contributed by atoms with van der Waals surface area (Å²) in [5, 5.41) is 2.91. The Morgan fingerprint density at radius 3 is 2.81 bits per heavy atom. The average molecular weight is 291 g/mol. The Balaban J connectivity index is 1.81. The Morgan fingerprint density at radius 2 is 2.10 bits per heavy atom. The van der Waals surface area contributed by atoms with E-state index in [1.807, 2.05) is 0 Å². The molecule has 0 saturated heterocycles. The van der Waals surface area contributed by atoms with E-state index < -0.39 is 22.7 Å². The third-order valence-electron chi connectivity index (χ3n) is 4.94. The van der Waals surface area contributed by atoms with Crippen LogP contribution in [0.2, 0.25) is 0 Å². The quantitative estimate of drug-likeness (QED) is 0.885. The second-order valence-corrected chi connectivity index (χ2v) is 6.24. The van der Waals surface area contributed by atoms with E-state index in [1.165, 1.54) is 18.3 Å². The van der Waals surface area contributed by atoms with Gasteiger partial charge in [-0.05, 0) is 44.2 Å². The molecular formula is C15H18FN3O2. The zero-order valence-electron chi connectivity index (χ0n) is 11.7. The first-order valence-corrected chi connectivity index (χ1v) is 7.19. The zero-order chi connectivity index (χ0) is 15.1. The van der Waals surface area contributed by atoms with E-state index in [4.69, 9.17) is 5.73 Å². The van der Waals surface area contributed by atoms with Crippen LogP contribution in [-0.2, 0) is 4.79 Å². The fraction of sp³-hybridized carbons (Fsp3) is 0.533. The molecule has 112 valence electrons. The first kappa shape index (κ1) is 14.0. The van der Waals surface area contributed by atoms with Crippen molar-refractivity contribution >= 4 is 11.8 Å². The standard InChI is InChI=1S/C15H18FN3O2/c16-10-3-1-8-18-11(10)12(20)19-15-5-2-4-14(9-15,6-7-15)13(17)21/h1,3,8H,2,4-7,9H2,(H2,17,21)(H,19,20). The van der Waals surface area contributed by atoms with Crippen LogP contribution >= 0.6 is 0 Å². The van der Waals surface area contributed by atoms with Gasteiger partial charge in [0.05, 0.1) is 5.41 Å². The molecule has 2 fully saturated rings. The second kappa shape index (κ2) is 4.79. The minimum absolute atomic E-state index is 0.200. The monoisotopic (exact) mass is 291 g/mol. The van der Waals surface area contributed by atoms with Crippen molar-refractivity contribution < 1.29 is 14.0 Å². The number of nitrogens with two attached hydrogens (primary N) is 1. The topological polar surface area (TPSA) is 85.1 Å². The predicted octanol–water partition coefficient (Wildman–Crippen LogP) is 1.53. The highest BCUT2D eigenvalue weighted by atomic mass is 19.1. The van der Waals surface area contributed by atoms with Gasteiger partial charge in [0, 0.05) is 11.7 Å². The summed E-state index contributed by atoms with van der Waals surface area (Å²) in [6.45, 7) is 0. The zero-order valence-corrected chi connectivity index (χ0v) is 11.7. The van der Waals surface area contributed by atoms with Gasteiger partial charge in [-0.15, -0.1) is 0 Å². The number of fused-ring (bicyclic) bond motifs is 2. The van der Waals surface area contributed by atoms with Crippen molar-refractivity contribution in [1.82, 2.24) is 10.3 Å². The van der Waals surface area contributed by atoms with E-state index >= 15 is 0 Å². The molecule has 2 atom stereocenters. The lowest BCUT2D eigenvalue weighted by molar-refractivity contribution is -0.128. The molecule has 2 aliphatic rings. The van der Waals surface area contributed by atoms with Crippen LogP contribution in [0.5, 0.6) is 0 Å². The molecule has 3 rings (SSSR count). The number of nitrogens with zero attached hydrogens (tertiary/aromatic N) is 1. The number of amides is 2. The highest BCUT2D eigenvalue weighted by molar-refractivity contribution is 5.93. The molecule has 2 unspecified atom stereocenters. The molecule has 21 heavy (non-hydrogen) atoms. The lowest BCUT2D eigenvalue weighted by Gasteiger charge is -2.38. The average Bonchev–Trinajstić information content (AvgIpc) is 2.71. The van der Waals surface area contributed by atoms with Crippen molar-refractivity contribution in [1.29, 1.82) is 0 Å². The second-order valence-electron chi connectivity index (χ2n) is 6.24. The summed E-state index contributed by atoms with van der Waals surface area (Å²) in [4.78, 5) is 27.8. The molecule has 0 aliphatic heterocycles. The molecule has 1 aromatic rings. The SMILES string of the molecule is NC(=O)C12CCCC(NC(=O)c3ncccc3F)(CC1)C2. The molecular weight excluding hydrogens is 273 g/mol. The Hall–Kier alpha value is -1.98. The molecule has 1 aromatic heterocycles. The van der Waals surface area contributed by atoms with Gasteiger partial charge in [0.15, 0.2) is 11.5 Å². The molecule has 0 radical (unpaired) electrons. The number of primary amides is 1. The highest BCUT2D eigenvalue weighted by Crippen LogP contribution is 2.53. The van der Waals surface area contributed by atoms with E-state index in [0.717, 1.165) is 19.3 Å². The molecule has 2 aliphatic carbocycles. The van der Waals surface area contributed by atoms with Crippen LogP contribution in [-0.4, -0.2) is 22.3 Å². The maximum absolute atomic E-state index is 13.6. The van der Waals surface area contributed by atoms with Crippen molar-refractivity contribution in [3.63, 3.8) is 0 Å². The maximum atomic E-state index is 13.6. The van der Waals surface area contributed by atoms with Crippen LogP contribution in [0.25, 0.3) is 0 Å². The molecule has 2 saturated carbocycles. The highest BCUT2D eigenvalue weighted by Gasteiger charge is 2.54. The van der Waals surface area contributed by atoms with Gasteiger partial charge in [0.25, 0.3) is 5.91 Å². The summed E-state index contributed by atoms with van der Waals surface area (Å²) in [7, 11) is 0. The Morgan fingerprint density at radius 1 is 1.29 bits per heavy atom. The number of nitrogens with one attached hydrogen (secondary N) is 1. The number of carbonyl (C=O) groups excluding carboxylic acids is 2. The third kappa shape index (κ3) is 2.28. The number of aromatic nitrogens is 1. The summed E-state index contributed by atoms with van der Waals surface area (Å²) >= 11 is 0. The molecule has 0 aromatic carbocycles. The number of pyridine rings is 1. The van der Waals surface area contributed by atoms with E-state index in [2.05, 4.69) is 10.3 Å². The number of carbonyl (C=O) groups is 2. The molecule has 1 heterocycles. The minimum Gasteiger partial charge on any atom is -0.369 e. The fourth-order valence-corrected chi connectivity index (χ4v) is 3.85. The van der Waals surface area contributed by atoms with E-state index in [-0.39, 0.29) is 11.6 Å². The normalized spacial score (nSPS) is 30.9. The van der Waals surface area contributed by atoms with Crippen molar-refractivity contribution in [3.05, 3.63) is 29.8 Å². The Kier molecular flexibility index (Phi) is 3.19.